The van der Waals surface area contributed by atoms with Crippen LogP contribution in [0.5, 0.6) is 0 Å². The SMILES string of the molecule is Cc1ccc(F)cc1C(=O)N(C)CCc1c(C)n[nH]c1C. The maximum Gasteiger partial charge on any atom is 0.253 e. The first-order chi connectivity index (χ1) is 9.90. The van der Waals surface area contributed by atoms with Gasteiger partial charge < -0.3 is 4.90 Å². The van der Waals surface area contributed by atoms with Crippen LogP contribution in [0, 0.1) is 26.6 Å². The number of hydrogen-bond acceptors (Lipinski definition) is 2. The van der Waals surface area contributed by atoms with Crippen LogP contribution < -0.4 is 0 Å². The summed E-state index contributed by atoms with van der Waals surface area (Å²) in [6.45, 7) is 6.28. The lowest BCUT2D eigenvalue weighted by Gasteiger charge is -2.18. The van der Waals surface area contributed by atoms with Gasteiger partial charge in [-0.1, -0.05) is 6.07 Å². The van der Waals surface area contributed by atoms with Crippen LogP contribution in [0.3, 0.4) is 0 Å². The fourth-order valence-electron chi connectivity index (χ4n) is 2.35. The van der Waals surface area contributed by atoms with Crippen LogP contribution in [0.2, 0.25) is 0 Å². The molecule has 0 bridgehead atoms. The Balaban J connectivity index is 2.08. The number of nitrogens with one attached hydrogen (secondary N) is 1. The number of H-pyrrole nitrogens is 1. The second kappa shape index (κ2) is 6.08. The zero-order valence-electron chi connectivity index (χ0n) is 12.8. The third-order valence-corrected chi connectivity index (χ3v) is 3.75. The summed E-state index contributed by atoms with van der Waals surface area (Å²) >= 11 is 0. The van der Waals surface area contributed by atoms with Crippen molar-refractivity contribution in [1.82, 2.24) is 15.1 Å². The molecule has 0 unspecified atom stereocenters. The van der Waals surface area contributed by atoms with E-state index in [0.717, 1.165) is 28.9 Å². The van der Waals surface area contributed by atoms with Crippen molar-refractivity contribution in [2.75, 3.05) is 13.6 Å². The largest absolute Gasteiger partial charge is 0.341 e. The summed E-state index contributed by atoms with van der Waals surface area (Å²) < 4.78 is 13.3. The molecule has 0 radical (unpaired) electrons. The van der Waals surface area contributed by atoms with Crippen LogP contribution in [0.25, 0.3) is 0 Å². The molecule has 0 atom stereocenters. The minimum atomic E-state index is -0.390. The average Bonchev–Trinajstić information content (AvgIpc) is 2.77. The van der Waals surface area contributed by atoms with Gasteiger partial charge in [0.15, 0.2) is 0 Å². The first-order valence-electron chi connectivity index (χ1n) is 6.92. The fourth-order valence-corrected chi connectivity index (χ4v) is 2.35. The number of aromatic amines is 1. The Hall–Kier alpha value is -2.17. The van der Waals surface area contributed by atoms with Crippen molar-refractivity contribution in [3.63, 3.8) is 0 Å². The van der Waals surface area contributed by atoms with Crippen LogP contribution in [-0.4, -0.2) is 34.6 Å². The summed E-state index contributed by atoms with van der Waals surface area (Å²) in [5.41, 5.74) is 4.30. The van der Waals surface area contributed by atoms with Crippen molar-refractivity contribution in [2.24, 2.45) is 0 Å². The number of nitrogens with zero attached hydrogens (tertiary/aromatic N) is 2. The second-order valence-corrected chi connectivity index (χ2v) is 5.35. The van der Waals surface area contributed by atoms with E-state index in [4.69, 9.17) is 0 Å². The minimum Gasteiger partial charge on any atom is -0.341 e. The molecule has 0 aliphatic carbocycles. The molecule has 1 heterocycles. The van der Waals surface area contributed by atoms with Gasteiger partial charge in [0.25, 0.3) is 5.91 Å². The molecule has 1 aromatic heterocycles. The van der Waals surface area contributed by atoms with Gasteiger partial charge in [-0.3, -0.25) is 9.89 Å². The molecule has 21 heavy (non-hydrogen) atoms. The molecular formula is C16H20FN3O. The van der Waals surface area contributed by atoms with Gasteiger partial charge in [0.1, 0.15) is 5.82 Å². The van der Waals surface area contributed by atoms with Crippen molar-refractivity contribution >= 4 is 5.91 Å². The van der Waals surface area contributed by atoms with E-state index in [0.29, 0.717) is 12.1 Å². The maximum absolute atomic E-state index is 13.3. The Morgan fingerprint density at radius 1 is 1.33 bits per heavy atom. The summed E-state index contributed by atoms with van der Waals surface area (Å²) in [7, 11) is 1.73. The molecule has 2 rings (SSSR count). The summed E-state index contributed by atoms with van der Waals surface area (Å²) in [6.07, 6.45) is 0.727. The van der Waals surface area contributed by atoms with Gasteiger partial charge in [-0.15, -0.1) is 0 Å². The standard InChI is InChI=1S/C16H20FN3O/c1-10-5-6-13(17)9-15(10)16(21)20(4)8-7-14-11(2)18-19-12(14)3/h5-6,9H,7-8H2,1-4H3,(H,18,19). The van der Waals surface area contributed by atoms with Gasteiger partial charge in [-0.05, 0) is 50.5 Å². The quantitative estimate of drug-likeness (QED) is 0.941. The van der Waals surface area contributed by atoms with Crippen molar-refractivity contribution in [3.05, 3.63) is 52.1 Å². The van der Waals surface area contributed by atoms with Crippen molar-refractivity contribution in [1.29, 1.82) is 0 Å². The first kappa shape index (κ1) is 15.2. The first-order valence-corrected chi connectivity index (χ1v) is 6.92. The van der Waals surface area contributed by atoms with Crippen molar-refractivity contribution < 1.29 is 9.18 Å². The van der Waals surface area contributed by atoms with E-state index in [9.17, 15) is 9.18 Å². The Bertz CT molecular complexity index is 644. The number of halogens is 1. The highest BCUT2D eigenvalue weighted by Gasteiger charge is 2.16. The van der Waals surface area contributed by atoms with Gasteiger partial charge in [-0.2, -0.15) is 5.10 Å². The van der Waals surface area contributed by atoms with Gasteiger partial charge in [-0.25, -0.2) is 4.39 Å². The number of amides is 1. The molecule has 4 nitrogen and oxygen atoms in total. The Morgan fingerprint density at radius 2 is 2.05 bits per heavy atom. The van der Waals surface area contributed by atoms with Crippen LogP contribution in [0.1, 0.15) is 32.9 Å². The molecule has 1 N–H and O–H groups in total. The molecular weight excluding hydrogens is 269 g/mol. The molecule has 0 fully saturated rings. The topological polar surface area (TPSA) is 49.0 Å². The molecule has 112 valence electrons. The molecule has 5 heteroatoms. The lowest BCUT2D eigenvalue weighted by Crippen LogP contribution is -2.29. The normalized spacial score (nSPS) is 10.7. The Kier molecular flexibility index (Phi) is 4.40. The van der Waals surface area contributed by atoms with Gasteiger partial charge in [0.2, 0.25) is 0 Å². The van der Waals surface area contributed by atoms with E-state index in [-0.39, 0.29) is 11.7 Å². The fraction of sp³-hybridized carbons (Fsp3) is 0.375. The molecule has 0 aliphatic rings. The monoisotopic (exact) mass is 289 g/mol. The zero-order valence-corrected chi connectivity index (χ0v) is 12.8. The van der Waals surface area contributed by atoms with Crippen LogP contribution in [0.4, 0.5) is 4.39 Å². The molecule has 0 saturated carbocycles. The third kappa shape index (κ3) is 3.29. The van der Waals surface area contributed by atoms with E-state index in [2.05, 4.69) is 10.2 Å². The van der Waals surface area contributed by atoms with E-state index in [1.165, 1.54) is 12.1 Å². The molecule has 1 amide bonds. The lowest BCUT2D eigenvalue weighted by atomic mass is 10.1. The number of aryl methyl sites for hydroxylation is 3. The molecule has 0 aliphatic heterocycles. The van der Waals surface area contributed by atoms with Gasteiger partial charge in [0, 0.05) is 24.8 Å². The maximum atomic E-state index is 13.3. The Morgan fingerprint density at radius 3 is 2.67 bits per heavy atom. The number of rotatable bonds is 4. The second-order valence-electron chi connectivity index (χ2n) is 5.35. The number of aromatic nitrogens is 2. The summed E-state index contributed by atoms with van der Waals surface area (Å²) in [6, 6.07) is 4.29. The number of likely N-dealkylation sites (N-methyl/N-ethyl adjacent to an activating group) is 1. The summed E-state index contributed by atoms with van der Waals surface area (Å²) in [5.74, 6) is -0.551. The number of hydrogen-bond donors (Lipinski definition) is 1. The van der Waals surface area contributed by atoms with Gasteiger partial charge in [0.05, 0.1) is 5.69 Å². The summed E-state index contributed by atoms with van der Waals surface area (Å²) in [5, 5.41) is 7.08. The molecule has 2 aromatic rings. The van der Waals surface area contributed by atoms with E-state index < -0.39 is 0 Å². The lowest BCUT2D eigenvalue weighted by molar-refractivity contribution is 0.0795. The minimum absolute atomic E-state index is 0.161. The zero-order chi connectivity index (χ0) is 15.6. The Labute approximate surface area is 124 Å². The highest BCUT2D eigenvalue weighted by atomic mass is 19.1. The molecule has 1 aromatic carbocycles. The van der Waals surface area contributed by atoms with Gasteiger partial charge >= 0.3 is 0 Å². The smallest absolute Gasteiger partial charge is 0.253 e. The molecule has 0 saturated heterocycles. The highest BCUT2D eigenvalue weighted by Crippen LogP contribution is 2.14. The predicted molar refractivity (Wildman–Crippen MR) is 79.9 cm³/mol. The van der Waals surface area contributed by atoms with Crippen LogP contribution in [-0.2, 0) is 6.42 Å². The third-order valence-electron chi connectivity index (χ3n) is 3.75. The van der Waals surface area contributed by atoms with Crippen LogP contribution in [0.15, 0.2) is 18.2 Å². The van der Waals surface area contributed by atoms with Crippen molar-refractivity contribution in [3.8, 4) is 0 Å². The average molecular weight is 289 g/mol. The van der Waals surface area contributed by atoms with E-state index >= 15 is 0 Å². The molecule has 0 spiro atoms. The highest BCUT2D eigenvalue weighted by molar-refractivity contribution is 5.95. The number of benzene rings is 1. The number of carbonyl (C=O) groups excluding carboxylic acids is 1. The van der Waals surface area contributed by atoms with Crippen LogP contribution >= 0.6 is 0 Å². The number of carbonyl (C=O) groups is 1. The van der Waals surface area contributed by atoms with Crippen molar-refractivity contribution in [2.45, 2.75) is 27.2 Å². The van der Waals surface area contributed by atoms with E-state index in [1.807, 2.05) is 20.8 Å². The predicted octanol–water partition coefficient (Wildman–Crippen LogP) is 2.79. The van der Waals surface area contributed by atoms with E-state index in [1.54, 1.807) is 18.0 Å². The summed E-state index contributed by atoms with van der Waals surface area (Å²) in [4.78, 5) is 14.0.